The number of aromatic nitrogens is 3. The third-order valence-electron chi connectivity index (χ3n) is 5.65. The Labute approximate surface area is 153 Å². The van der Waals surface area contributed by atoms with Crippen LogP contribution in [-0.4, -0.2) is 56.9 Å². The Morgan fingerprint density at radius 3 is 2.65 bits per heavy atom. The van der Waals surface area contributed by atoms with Gasteiger partial charge in [-0.3, -0.25) is 9.59 Å². The highest BCUT2D eigenvalue weighted by atomic mass is 16.2. The van der Waals surface area contributed by atoms with Crippen LogP contribution in [0.15, 0.2) is 18.5 Å². The predicted molar refractivity (Wildman–Crippen MR) is 96.7 cm³/mol. The Morgan fingerprint density at radius 1 is 1.15 bits per heavy atom. The van der Waals surface area contributed by atoms with Crippen LogP contribution in [0.25, 0.3) is 5.65 Å². The van der Waals surface area contributed by atoms with Crippen molar-refractivity contribution in [3.05, 3.63) is 29.7 Å². The van der Waals surface area contributed by atoms with E-state index in [9.17, 15) is 9.59 Å². The topological polar surface area (TPSA) is 70.8 Å². The maximum Gasteiger partial charge on any atom is 0.258 e. The van der Waals surface area contributed by atoms with Gasteiger partial charge < -0.3 is 9.80 Å². The van der Waals surface area contributed by atoms with E-state index in [1.807, 2.05) is 11.0 Å². The van der Waals surface area contributed by atoms with Gasteiger partial charge in [0.2, 0.25) is 5.91 Å². The molecule has 0 unspecified atom stereocenters. The van der Waals surface area contributed by atoms with Crippen LogP contribution in [0, 0.1) is 5.92 Å². The summed E-state index contributed by atoms with van der Waals surface area (Å²) < 4.78 is 1.74. The van der Waals surface area contributed by atoms with Gasteiger partial charge >= 0.3 is 0 Å². The van der Waals surface area contributed by atoms with E-state index < -0.39 is 0 Å². The standard InChI is InChI=1S/C19H25N5O2/c1-22(2)19(26)14-12-21-24-16(9-10-20-17(14)24)15-8-5-11-23(15)18(25)13-6-3-4-7-13/h9-10,12-13,15H,3-8,11H2,1-2H3/t15-/m0/s1. The lowest BCUT2D eigenvalue weighted by molar-refractivity contribution is -0.136. The highest BCUT2D eigenvalue weighted by Crippen LogP contribution is 2.36. The van der Waals surface area contributed by atoms with Gasteiger partial charge in [-0.1, -0.05) is 12.8 Å². The third kappa shape index (κ3) is 2.75. The summed E-state index contributed by atoms with van der Waals surface area (Å²) in [5, 5.41) is 4.43. The van der Waals surface area contributed by atoms with Gasteiger partial charge in [0, 0.05) is 32.8 Å². The molecule has 0 spiro atoms. The average molecular weight is 355 g/mol. The first-order valence-electron chi connectivity index (χ1n) is 9.42. The Balaban J connectivity index is 1.69. The lowest BCUT2D eigenvalue weighted by atomic mass is 10.0. The van der Waals surface area contributed by atoms with E-state index in [1.54, 1.807) is 31.0 Å². The molecule has 2 aromatic heterocycles. The van der Waals surface area contributed by atoms with Crippen molar-refractivity contribution in [1.29, 1.82) is 0 Å². The zero-order valence-corrected chi connectivity index (χ0v) is 15.4. The minimum Gasteiger partial charge on any atom is -0.345 e. The summed E-state index contributed by atoms with van der Waals surface area (Å²) >= 11 is 0. The maximum absolute atomic E-state index is 13.0. The molecule has 7 nitrogen and oxygen atoms in total. The zero-order chi connectivity index (χ0) is 18.3. The van der Waals surface area contributed by atoms with Crippen molar-refractivity contribution in [2.45, 2.75) is 44.6 Å². The van der Waals surface area contributed by atoms with Crippen LogP contribution in [0.2, 0.25) is 0 Å². The summed E-state index contributed by atoms with van der Waals surface area (Å²) in [6.45, 7) is 0.800. The van der Waals surface area contributed by atoms with Gasteiger partial charge in [-0.15, -0.1) is 0 Å². The fraction of sp³-hybridized carbons (Fsp3) is 0.579. The number of rotatable bonds is 3. The molecule has 1 aliphatic carbocycles. The lowest BCUT2D eigenvalue weighted by Crippen LogP contribution is -2.35. The highest BCUT2D eigenvalue weighted by Gasteiger charge is 2.36. The molecule has 1 saturated carbocycles. The van der Waals surface area contributed by atoms with Gasteiger partial charge in [-0.25, -0.2) is 9.50 Å². The molecule has 0 radical (unpaired) electrons. The van der Waals surface area contributed by atoms with E-state index in [0.29, 0.717) is 11.2 Å². The molecule has 1 atom stereocenters. The summed E-state index contributed by atoms with van der Waals surface area (Å²) in [6.07, 6.45) is 9.55. The fourth-order valence-corrected chi connectivity index (χ4v) is 4.30. The van der Waals surface area contributed by atoms with E-state index in [4.69, 9.17) is 0 Å². The first-order chi connectivity index (χ1) is 12.6. The lowest BCUT2D eigenvalue weighted by Gasteiger charge is -2.27. The van der Waals surface area contributed by atoms with Crippen molar-refractivity contribution in [3.63, 3.8) is 0 Å². The van der Waals surface area contributed by atoms with Gasteiger partial charge in [0.15, 0.2) is 5.65 Å². The first-order valence-corrected chi connectivity index (χ1v) is 9.42. The van der Waals surface area contributed by atoms with Crippen molar-refractivity contribution in [3.8, 4) is 0 Å². The molecule has 26 heavy (non-hydrogen) atoms. The third-order valence-corrected chi connectivity index (χ3v) is 5.65. The van der Waals surface area contributed by atoms with Gasteiger partial charge in [0.1, 0.15) is 5.56 Å². The van der Waals surface area contributed by atoms with E-state index in [-0.39, 0.29) is 23.8 Å². The molecule has 0 aromatic carbocycles. The molecule has 2 aliphatic rings. The van der Waals surface area contributed by atoms with Gasteiger partial charge in [-0.2, -0.15) is 5.10 Å². The Kier molecular flexibility index (Phi) is 4.38. The van der Waals surface area contributed by atoms with Crippen LogP contribution in [-0.2, 0) is 4.79 Å². The minimum absolute atomic E-state index is 0.0100. The summed E-state index contributed by atoms with van der Waals surface area (Å²) in [7, 11) is 3.43. The molecule has 138 valence electrons. The molecule has 1 saturated heterocycles. The number of hydrogen-bond acceptors (Lipinski definition) is 4. The molecule has 2 aromatic rings. The normalized spacial score (nSPS) is 20.8. The van der Waals surface area contributed by atoms with Crippen molar-refractivity contribution in [2.75, 3.05) is 20.6 Å². The summed E-state index contributed by atoms with van der Waals surface area (Å²) in [5.41, 5.74) is 1.99. The van der Waals surface area contributed by atoms with E-state index in [1.165, 1.54) is 4.90 Å². The number of carbonyl (C=O) groups is 2. The number of carbonyl (C=O) groups excluding carboxylic acids is 2. The van der Waals surface area contributed by atoms with E-state index >= 15 is 0 Å². The quantitative estimate of drug-likeness (QED) is 0.847. The second-order valence-electron chi connectivity index (χ2n) is 7.53. The van der Waals surface area contributed by atoms with Crippen LogP contribution < -0.4 is 0 Å². The molecule has 3 heterocycles. The second-order valence-corrected chi connectivity index (χ2v) is 7.53. The van der Waals surface area contributed by atoms with Crippen LogP contribution in [0.4, 0.5) is 0 Å². The molecule has 2 fully saturated rings. The summed E-state index contributed by atoms with van der Waals surface area (Å²) in [4.78, 5) is 33.3. The fourth-order valence-electron chi connectivity index (χ4n) is 4.30. The Morgan fingerprint density at radius 2 is 1.92 bits per heavy atom. The monoisotopic (exact) mass is 355 g/mol. The molecular weight excluding hydrogens is 330 g/mol. The highest BCUT2D eigenvalue weighted by molar-refractivity contribution is 5.99. The second kappa shape index (κ2) is 6.70. The first kappa shape index (κ1) is 17.0. The van der Waals surface area contributed by atoms with Crippen LogP contribution in [0.5, 0.6) is 0 Å². The van der Waals surface area contributed by atoms with Crippen LogP contribution in [0.1, 0.15) is 60.6 Å². The van der Waals surface area contributed by atoms with Gasteiger partial charge in [0.25, 0.3) is 5.91 Å². The smallest absolute Gasteiger partial charge is 0.258 e. The largest absolute Gasteiger partial charge is 0.345 e. The number of hydrogen-bond donors (Lipinski definition) is 0. The molecule has 0 bridgehead atoms. The van der Waals surface area contributed by atoms with Gasteiger partial charge in [0.05, 0.1) is 17.9 Å². The predicted octanol–water partition coefficient (Wildman–Crippen LogP) is 2.28. The molecular formula is C19H25N5O2. The van der Waals surface area contributed by atoms with E-state index in [2.05, 4.69) is 10.1 Å². The van der Waals surface area contributed by atoms with Crippen molar-refractivity contribution >= 4 is 17.5 Å². The maximum atomic E-state index is 13.0. The van der Waals surface area contributed by atoms with Crippen molar-refractivity contribution in [2.24, 2.45) is 5.92 Å². The molecule has 2 amide bonds. The van der Waals surface area contributed by atoms with Crippen molar-refractivity contribution in [1.82, 2.24) is 24.4 Å². The molecule has 0 N–H and O–H groups in total. The summed E-state index contributed by atoms with van der Waals surface area (Å²) in [5.74, 6) is 0.345. The van der Waals surface area contributed by atoms with Crippen LogP contribution in [0.3, 0.4) is 0 Å². The molecule has 1 aliphatic heterocycles. The average Bonchev–Trinajstić information content (AvgIpc) is 3.39. The molecule has 7 heteroatoms. The zero-order valence-electron chi connectivity index (χ0n) is 15.4. The number of nitrogens with zero attached hydrogens (tertiary/aromatic N) is 5. The number of fused-ring (bicyclic) bond motifs is 1. The number of amides is 2. The summed E-state index contributed by atoms with van der Waals surface area (Å²) in [6, 6.07) is 1.94. The Hall–Kier alpha value is -2.44. The van der Waals surface area contributed by atoms with Crippen LogP contribution >= 0.6 is 0 Å². The van der Waals surface area contributed by atoms with Crippen molar-refractivity contribution < 1.29 is 9.59 Å². The Bertz CT molecular complexity index is 838. The molecule has 4 rings (SSSR count). The SMILES string of the molecule is CN(C)C(=O)c1cnn2c([C@@H]3CCCN3C(=O)C3CCCC3)ccnc12. The number of likely N-dealkylation sites (tertiary alicyclic amines) is 1. The van der Waals surface area contributed by atoms with Gasteiger partial charge in [-0.05, 0) is 31.7 Å². The minimum atomic E-state index is -0.116. The van der Waals surface area contributed by atoms with E-state index in [0.717, 1.165) is 50.8 Å².